The molecule has 2 atom stereocenters. The minimum Gasteiger partial charge on any atom is -0.481 e. The van der Waals surface area contributed by atoms with Crippen LogP contribution in [0.4, 0.5) is 0 Å². The van der Waals surface area contributed by atoms with E-state index in [-0.39, 0.29) is 12.0 Å². The molecule has 0 unspecified atom stereocenters. The number of rotatable bonds is 4. The standard InChI is InChI=1S/C11H22N2O2/c1-13(2)8-6-10-9(11(14)15)5-3-4-7-12-10/h9-10,12H,3-8H2,1-2H3,(H,14,15)/t9-,10+/m0/s1. The zero-order chi connectivity index (χ0) is 11.3. The van der Waals surface area contributed by atoms with E-state index in [1.54, 1.807) is 0 Å². The number of hydrogen-bond acceptors (Lipinski definition) is 3. The first-order valence-corrected chi connectivity index (χ1v) is 5.72. The van der Waals surface area contributed by atoms with Crippen molar-refractivity contribution in [1.29, 1.82) is 0 Å². The Morgan fingerprint density at radius 2 is 2.20 bits per heavy atom. The van der Waals surface area contributed by atoms with Crippen LogP contribution in [0.5, 0.6) is 0 Å². The van der Waals surface area contributed by atoms with Crippen molar-refractivity contribution < 1.29 is 9.90 Å². The molecule has 4 heteroatoms. The lowest BCUT2D eigenvalue weighted by molar-refractivity contribution is -0.143. The molecule has 0 radical (unpaired) electrons. The van der Waals surface area contributed by atoms with Gasteiger partial charge in [-0.05, 0) is 46.4 Å². The zero-order valence-electron chi connectivity index (χ0n) is 9.70. The minimum atomic E-state index is -0.645. The van der Waals surface area contributed by atoms with Crippen molar-refractivity contribution in [3.05, 3.63) is 0 Å². The van der Waals surface area contributed by atoms with Gasteiger partial charge in [-0.1, -0.05) is 6.42 Å². The van der Waals surface area contributed by atoms with E-state index in [1.165, 1.54) is 0 Å². The molecule has 1 saturated heterocycles. The lowest BCUT2D eigenvalue weighted by atomic mass is 9.93. The van der Waals surface area contributed by atoms with E-state index in [0.29, 0.717) is 0 Å². The lowest BCUT2D eigenvalue weighted by Crippen LogP contribution is -2.40. The maximum atomic E-state index is 11.1. The van der Waals surface area contributed by atoms with Crippen LogP contribution >= 0.6 is 0 Å². The highest BCUT2D eigenvalue weighted by Crippen LogP contribution is 2.19. The second-order valence-corrected chi connectivity index (χ2v) is 4.59. The average Bonchev–Trinajstić information content (AvgIpc) is 2.39. The summed E-state index contributed by atoms with van der Waals surface area (Å²) in [6.07, 6.45) is 3.87. The normalized spacial score (nSPS) is 27.7. The largest absolute Gasteiger partial charge is 0.481 e. The fourth-order valence-electron chi connectivity index (χ4n) is 2.12. The molecule has 4 nitrogen and oxygen atoms in total. The summed E-state index contributed by atoms with van der Waals surface area (Å²) in [6, 6.07) is 0.146. The number of hydrogen-bond donors (Lipinski definition) is 2. The first-order valence-electron chi connectivity index (χ1n) is 5.72. The van der Waals surface area contributed by atoms with Crippen molar-refractivity contribution in [3.8, 4) is 0 Å². The smallest absolute Gasteiger partial charge is 0.308 e. The maximum Gasteiger partial charge on any atom is 0.308 e. The van der Waals surface area contributed by atoms with Gasteiger partial charge in [0.25, 0.3) is 0 Å². The molecule has 0 bridgehead atoms. The molecule has 1 rings (SSSR count). The molecule has 0 aromatic carbocycles. The Bertz CT molecular complexity index is 207. The van der Waals surface area contributed by atoms with Crippen LogP contribution in [0.3, 0.4) is 0 Å². The van der Waals surface area contributed by atoms with Gasteiger partial charge in [-0.2, -0.15) is 0 Å². The van der Waals surface area contributed by atoms with Crippen molar-refractivity contribution >= 4 is 5.97 Å². The van der Waals surface area contributed by atoms with Crippen molar-refractivity contribution in [3.63, 3.8) is 0 Å². The molecular weight excluding hydrogens is 192 g/mol. The lowest BCUT2D eigenvalue weighted by Gasteiger charge is -2.23. The van der Waals surface area contributed by atoms with Crippen LogP contribution in [0.15, 0.2) is 0 Å². The van der Waals surface area contributed by atoms with Gasteiger partial charge in [0.15, 0.2) is 0 Å². The second kappa shape index (κ2) is 6.08. The number of aliphatic carboxylic acids is 1. The number of carboxylic acid groups (broad SMARTS) is 1. The minimum absolute atomic E-state index is 0.146. The maximum absolute atomic E-state index is 11.1. The van der Waals surface area contributed by atoms with Gasteiger partial charge in [0.2, 0.25) is 0 Å². The van der Waals surface area contributed by atoms with E-state index >= 15 is 0 Å². The highest BCUT2D eigenvalue weighted by atomic mass is 16.4. The third-order valence-electron chi connectivity index (χ3n) is 3.04. The topological polar surface area (TPSA) is 52.6 Å². The van der Waals surface area contributed by atoms with Gasteiger partial charge in [-0.15, -0.1) is 0 Å². The number of nitrogens with zero attached hydrogens (tertiary/aromatic N) is 1. The number of carboxylic acids is 1. The van der Waals surface area contributed by atoms with Crippen LogP contribution in [0.25, 0.3) is 0 Å². The summed E-state index contributed by atoms with van der Waals surface area (Å²) in [5.74, 6) is -0.847. The van der Waals surface area contributed by atoms with Crippen molar-refractivity contribution in [2.24, 2.45) is 5.92 Å². The summed E-state index contributed by atoms with van der Waals surface area (Å²) in [5.41, 5.74) is 0. The quantitative estimate of drug-likeness (QED) is 0.726. The molecule has 0 spiro atoms. The molecule has 2 N–H and O–H groups in total. The van der Waals surface area contributed by atoms with Crippen LogP contribution in [0.1, 0.15) is 25.7 Å². The van der Waals surface area contributed by atoms with E-state index in [0.717, 1.165) is 38.8 Å². The van der Waals surface area contributed by atoms with Gasteiger partial charge >= 0.3 is 5.97 Å². The molecule has 1 fully saturated rings. The van der Waals surface area contributed by atoms with Gasteiger partial charge < -0.3 is 15.3 Å². The average molecular weight is 214 g/mol. The first-order chi connectivity index (χ1) is 7.11. The summed E-state index contributed by atoms with van der Waals surface area (Å²) in [4.78, 5) is 13.2. The second-order valence-electron chi connectivity index (χ2n) is 4.59. The molecule has 0 aromatic heterocycles. The summed E-state index contributed by atoms with van der Waals surface area (Å²) < 4.78 is 0. The van der Waals surface area contributed by atoms with Crippen molar-refractivity contribution in [1.82, 2.24) is 10.2 Å². The fourth-order valence-corrected chi connectivity index (χ4v) is 2.12. The molecule has 0 aromatic rings. The highest BCUT2D eigenvalue weighted by Gasteiger charge is 2.28. The molecular formula is C11H22N2O2. The number of carbonyl (C=O) groups is 1. The molecule has 88 valence electrons. The van der Waals surface area contributed by atoms with E-state index in [1.807, 2.05) is 14.1 Å². The predicted octanol–water partition coefficient (Wildman–Crippen LogP) is 0.781. The van der Waals surface area contributed by atoms with E-state index in [4.69, 9.17) is 5.11 Å². The third-order valence-corrected chi connectivity index (χ3v) is 3.04. The highest BCUT2D eigenvalue weighted by molar-refractivity contribution is 5.70. The Morgan fingerprint density at radius 1 is 1.47 bits per heavy atom. The van der Waals surface area contributed by atoms with Gasteiger partial charge in [0, 0.05) is 6.04 Å². The molecule has 15 heavy (non-hydrogen) atoms. The SMILES string of the molecule is CN(C)CC[C@H]1NCCCC[C@@H]1C(=O)O. The van der Waals surface area contributed by atoms with E-state index in [2.05, 4.69) is 10.2 Å². The molecule has 1 aliphatic rings. The number of nitrogens with one attached hydrogen (secondary N) is 1. The van der Waals surface area contributed by atoms with Gasteiger partial charge in [-0.25, -0.2) is 0 Å². The van der Waals surface area contributed by atoms with Crippen LogP contribution in [-0.2, 0) is 4.79 Å². The van der Waals surface area contributed by atoms with Gasteiger partial charge in [0.1, 0.15) is 0 Å². The van der Waals surface area contributed by atoms with Crippen molar-refractivity contribution in [2.75, 3.05) is 27.2 Å². The van der Waals surface area contributed by atoms with E-state index in [9.17, 15) is 4.79 Å². The third kappa shape index (κ3) is 4.18. The summed E-state index contributed by atoms with van der Waals surface area (Å²) >= 11 is 0. The summed E-state index contributed by atoms with van der Waals surface area (Å²) in [6.45, 7) is 1.91. The molecule has 0 aliphatic carbocycles. The van der Waals surface area contributed by atoms with Gasteiger partial charge in [-0.3, -0.25) is 4.79 Å². The van der Waals surface area contributed by atoms with Crippen LogP contribution in [-0.4, -0.2) is 49.2 Å². The zero-order valence-corrected chi connectivity index (χ0v) is 9.70. The molecule has 1 heterocycles. The Morgan fingerprint density at radius 3 is 2.80 bits per heavy atom. The monoisotopic (exact) mass is 214 g/mol. The Labute approximate surface area is 91.6 Å². The van der Waals surface area contributed by atoms with Crippen LogP contribution < -0.4 is 5.32 Å². The molecule has 1 aliphatic heterocycles. The summed E-state index contributed by atoms with van der Waals surface area (Å²) in [7, 11) is 4.04. The van der Waals surface area contributed by atoms with E-state index < -0.39 is 5.97 Å². The van der Waals surface area contributed by atoms with Crippen molar-refractivity contribution in [2.45, 2.75) is 31.7 Å². The Hall–Kier alpha value is -0.610. The Balaban J connectivity index is 2.50. The van der Waals surface area contributed by atoms with Crippen LogP contribution in [0.2, 0.25) is 0 Å². The molecule has 0 amide bonds. The summed E-state index contributed by atoms with van der Waals surface area (Å²) in [5, 5.41) is 12.5. The van der Waals surface area contributed by atoms with Gasteiger partial charge in [0.05, 0.1) is 5.92 Å². The fraction of sp³-hybridized carbons (Fsp3) is 0.909. The van der Waals surface area contributed by atoms with Crippen LogP contribution in [0, 0.1) is 5.92 Å². The molecule has 0 saturated carbocycles. The first kappa shape index (κ1) is 12.5. The predicted molar refractivity (Wildman–Crippen MR) is 59.9 cm³/mol. The Kier molecular flexibility index (Phi) is 5.05.